The summed E-state index contributed by atoms with van der Waals surface area (Å²) in [6.45, 7) is 5.95. The molecule has 58 valence electrons. The van der Waals surface area contributed by atoms with E-state index in [1.54, 1.807) is 6.92 Å². The molecule has 9 heavy (non-hydrogen) atoms. The van der Waals surface area contributed by atoms with Gasteiger partial charge in [-0.2, -0.15) is 0 Å². The molecular weight excluding hydrogens is 162 g/mol. The average molecular weight is 176 g/mol. The smallest absolute Gasteiger partial charge is 0.147 e. The largest absolute Gasteiger partial charge is 0.694 e. The highest BCUT2D eigenvalue weighted by molar-refractivity contribution is 7.32. The normalized spacial score (nSPS) is 8.22. The van der Waals surface area contributed by atoms with E-state index in [1.165, 1.54) is 0 Å². The van der Waals surface area contributed by atoms with Crippen LogP contribution >= 0.6 is 20.7 Å². The molecule has 5 heteroatoms. The summed E-state index contributed by atoms with van der Waals surface area (Å²) in [4.78, 5) is 7.84. The maximum Gasteiger partial charge on any atom is 0.694 e. The molecule has 1 unspecified atom stereocenters. The minimum atomic E-state index is -2.35. The lowest BCUT2D eigenvalue weighted by atomic mass is 10.9. The first-order chi connectivity index (χ1) is 3.77. The van der Waals surface area contributed by atoms with E-state index < -0.39 is 8.25 Å². The molecule has 0 aliphatic heterocycles. The molecule has 0 amide bonds. The fourth-order valence-corrected chi connectivity index (χ4v) is 0.331. The molecule has 1 atom stereocenters. The third-order valence-corrected chi connectivity index (χ3v) is 0.719. The Balaban J connectivity index is -0.000000109. The second-order valence-electron chi connectivity index (χ2n) is 0.656. The van der Waals surface area contributed by atoms with Gasteiger partial charge in [-0.25, -0.2) is 0 Å². The van der Waals surface area contributed by atoms with Crippen molar-refractivity contribution in [2.75, 3.05) is 6.61 Å². The van der Waals surface area contributed by atoms with Gasteiger partial charge in [-0.1, -0.05) is 13.8 Å². The molecule has 0 aromatic heterocycles. The van der Waals surface area contributed by atoms with E-state index in [0.717, 1.165) is 0 Å². The molecule has 0 saturated carbocycles. The lowest BCUT2D eigenvalue weighted by Gasteiger charge is -1.68. The fraction of sp³-hybridized carbons (Fsp3) is 1.00. The molecule has 0 saturated heterocycles. The highest BCUT2D eigenvalue weighted by Crippen LogP contribution is 2.12. The Hall–Kier alpha value is 0.310. The van der Waals surface area contributed by atoms with E-state index in [1.807, 2.05) is 13.8 Å². The van der Waals surface area contributed by atoms with Crippen molar-refractivity contribution in [3.63, 3.8) is 0 Å². The van der Waals surface area contributed by atoms with Gasteiger partial charge < -0.3 is 0 Å². The van der Waals surface area contributed by atoms with Crippen molar-refractivity contribution < 1.29 is 14.0 Å². The van der Waals surface area contributed by atoms with Gasteiger partial charge in [-0.05, 0) is 6.92 Å². The molecule has 0 radical (unpaired) electrons. The van der Waals surface area contributed by atoms with Gasteiger partial charge in [0.2, 0.25) is 0 Å². The summed E-state index contributed by atoms with van der Waals surface area (Å²) in [6.07, 6.45) is 0. The summed E-state index contributed by atoms with van der Waals surface area (Å²) in [5, 5.41) is 0. The van der Waals surface area contributed by atoms with E-state index in [9.17, 15) is 4.57 Å². The van der Waals surface area contributed by atoms with Gasteiger partial charge in [0, 0.05) is 4.57 Å². The maximum absolute atomic E-state index is 9.53. The summed E-state index contributed by atoms with van der Waals surface area (Å²) in [7, 11) is -2.35. The van der Waals surface area contributed by atoms with Crippen LogP contribution in [0.4, 0.5) is 0 Å². The molecule has 1 N–H and O–H groups in total. The van der Waals surface area contributed by atoms with E-state index in [-0.39, 0.29) is 12.4 Å². The monoisotopic (exact) mass is 175 g/mol. The molecule has 0 rings (SSSR count). The Kier molecular flexibility index (Phi) is 28.3. The van der Waals surface area contributed by atoms with Crippen LogP contribution in [0.1, 0.15) is 20.8 Å². The van der Waals surface area contributed by atoms with Crippen LogP contribution in [0.5, 0.6) is 0 Å². The zero-order valence-electron chi connectivity index (χ0n) is 5.83. The maximum atomic E-state index is 9.53. The van der Waals surface area contributed by atoms with Crippen molar-refractivity contribution in [2.45, 2.75) is 20.8 Å². The Bertz CT molecular complexity index is 59.8. The predicted molar refractivity (Wildman–Crippen MR) is 40.0 cm³/mol. The van der Waals surface area contributed by atoms with Crippen molar-refractivity contribution in [3.8, 4) is 0 Å². The first-order valence-electron chi connectivity index (χ1n) is 2.56. The Labute approximate surface area is 62.8 Å². The molecule has 3 nitrogen and oxygen atoms in total. The molecular formula is C4H13ClO3P+. The van der Waals surface area contributed by atoms with Crippen LogP contribution in [-0.2, 0) is 9.09 Å². The number of rotatable bonds is 2. The molecule has 0 spiro atoms. The van der Waals surface area contributed by atoms with Crippen LogP contribution in [0.25, 0.3) is 0 Å². The zero-order chi connectivity index (χ0) is 6.99. The van der Waals surface area contributed by atoms with E-state index in [0.29, 0.717) is 6.61 Å². The molecule has 0 aromatic carbocycles. The van der Waals surface area contributed by atoms with Crippen LogP contribution in [-0.4, -0.2) is 11.5 Å². The van der Waals surface area contributed by atoms with Crippen LogP contribution in [0.3, 0.4) is 0 Å². The van der Waals surface area contributed by atoms with E-state index >= 15 is 0 Å². The second-order valence-corrected chi connectivity index (χ2v) is 1.39. The summed E-state index contributed by atoms with van der Waals surface area (Å²) >= 11 is 0. The number of halogens is 1. The molecule has 0 aliphatic carbocycles. The predicted octanol–water partition coefficient (Wildman–Crippen LogP) is 2.12. The van der Waals surface area contributed by atoms with Crippen LogP contribution in [0, 0.1) is 0 Å². The van der Waals surface area contributed by atoms with Crippen molar-refractivity contribution in [3.05, 3.63) is 0 Å². The van der Waals surface area contributed by atoms with Gasteiger partial charge >= 0.3 is 8.25 Å². The van der Waals surface area contributed by atoms with Crippen molar-refractivity contribution in [2.24, 2.45) is 0 Å². The van der Waals surface area contributed by atoms with Gasteiger partial charge in [0.25, 0.3) is 0 Å². The van der Waals surface area contributed by atoms with Crippen LogP contribution < -0.4 is 0 Å². The zero-order valence-corrected chi connectivity index (χ0v) is 7.54. The first kappa shape index (κ1) is 16.1. The van der Waals surface area contributed by atoms with E-state index in [4.69, 9.17) is 4.89 Å². The Morgan fingerprint density at radius 3 is 1.89 bits per heavy atom. The lowest BCUT2D eigenvalue weighted by molar-refractivity contribution is 0.297. The van der Waals surface area contributed by atoms with Gasteiger partial charge in [-0.3, -0.25) is 0 Å². The topological polar surface area (TPSA) is 46.5 Å². The van der Waals surface area contributed by atoms with Gasteiger partial charge in [0.05, 0.1) is 0 Å². The Morgan fingerprint density at radius 2 is 1.89 bits per heavy atom. The molecule has 0 aliphatic rings. The minimum Gasteiger partial charge on any atom is -0.147 e. The number of hydrogen-bond acceptors (Lipinski definition) is 2. The third-order valence-electron chi connectivity index (χ3n) is 0.240. The summed E-state index contributed by atoms with van der Waals surface area (Å²) in [5.74, 6) is 0. The van der Waals surface area contributed by atoms with Gasteiger partial charge in [-0.15, -0.1) is 21.8 Å². The highest BCUT2D eigenvalue weighted by atomic mass is 35.5. The van der Waals surface area contributed by atoms with Gasteiger partial charge in [0.15, 0.2) is 0 Å². The second kappa shape index (κ2) is 15.7. The number of hydrogen-bond donors (Lipinski definition) is 1. The van der Waals surface area contributed by atoms with Crippen molar-refractivity contribution in [1.82, 2.24) is 0 Å². The fourth-order valence-electron chi connectivity index (χ4n) is 0.110. The average Bonchev–Trinajstić information content (AvgIpc) is 1.72. The molecule has 0 bridgehead atoms. The van der Waals surface area contributed by atoms with E-state index in [2.05, 4.69) is 4.52 Å². The quantitative estimate of drug-likeness (QED) is 0.654. The summed E-state index contributed by atoms with van der Waals surface area (Å²) in [5.41, 5.74) is 0. The first-order valence-corrected chi connectivity index (χ1v) is 3.69. The summed E-state index contributed by atoms with van der Waals surface area (Å²) < 4.78 is 13.6. The third kappa shape index (κ3) is 30.2. The Morgan fingerprint density at radius 1 is 1.56 bits per heavy atom. The van der Waals surface area contributed by atoms with Crippen molar-refractivity contribution in [1.29, 1.82) is 0 Å². The molecule has 0 aromatic rings. The van der Waals surface area contributed by atoms with Crippen LogP contribution in [0.2, 0.25) is 0 Å². The summed E-state index contributed by atoms with van der Waals surface area (Å²) in [6, 6.07) is 0. The van der Waals surface area contributed by atoms with Crippen molar-refractivity contribution >= 4 is 20.7 Å². The minimum absolute atomic E-state index is 0. The highest BCUT2D eigenvalue weighted by Gasteiger charge is 2.06. The molecule has 0 fully saturated rings. The standard InChI is InChI=1S/C2H5O3P.C2H6.ClH/c1-2-5-6(3)4;1-2;/h2H2,1H3;1-2H3;1H/p+1. The SMILES string of the molecule is CC.CCO[P+](=O)O.Cl. The lowest BCUT2D eigenvalue weighted by Crippen LogP contribution is -1.72. The van der Waals surface area contributed by atoms with Crippen LogP contribution in [0.15, 0.2) is 0 Å². The molecule has 0 heterocycles. The van der Waals surface area contributed by atoms with Gasteiger partial charge in [0.1, 0.15) is 6.61 Å².